The summed E-state index contributed by atoms with van der Waals surface area (Å²) >= 11 is 0. The molecule has 1 aromatic rings. The maximum atomic E-state index is 12.7. The number of aryl methyl sites for hydroxylation is 1. The third kappa shape index (κ3) is 3.68. The normalized spacial score (nSPS) is 12.3. The Labute approximate surface area is 121 Å². The van der Waals surface area contributed by atoms with E-state index >= 15 is 0 Å². The summed E-state index contributed by atoms with van der Waals surface area (Å²) in [5.74, 6) is 0. The average Bonchev–Trinajstić information content (AvgIpc) is 2.75. The number of likely N-dealkylation sites (N-methyl/N-ethyl adjacent to an activating group) is 1. The van der Waals surface area contributed by atoms with E-state index in [1.165, 1.54) is 4.31 Å². The van der Waals surface area contributed by atoms with Gasteiger partial charge in [0.2, 0.25) is 10.0 Å². The lowest BCUT2D eigenvalue weighted by molar-refractivity contribution is 0.457. The maximum absolute atomic E-state index is 12.7. The molecule has 7 heteroatoms. The number of hydrogen-bond donors (Lipinski definition) is 2. The van der Waals surface area contributed by atoms with Gasteiger partial charge in [0.25, 0.3) is 0 Å². The van der Waals surface area contributed by atoms with Crippen molar-refractivity contribution in [1.82, 2.24) is 19.8 Å². The van der Waals surface area contributed by atoms with Gasteiger partial charge in [-0.15, -0.1) is 6.58 Å². The molecule has 0 saturated carbocycles. The summed E-state index contributed by atoms with van der Waals surface area (Å²) in [6.07, 6.45) is 1.59. The zero-order chi connectivity index (χ0) is 15.3. The van der Waals surface area contributed by atoms with Gasteiger partial charge in [-0.25, -0.2) is 8.42 Å². The molecule has 1 aromatic heterocycles. The molecule has 0 aliphatic carbocycles. The van der Waals surface area contributed by atoms with Crippen LogP contribution in [0.2, 0.25) is 0 Å². The molecule has 0 saturated heterocycles. The maximum Gasteiger partial charge on any atom is 0.247 e. The van der Waals surface area contributed by atoms with E-state index in [2.05, 4.69) is 22.1 Å². The summed E-state index contributed by atoms with van der Waals surface area (Å²) < 4.78 is 26.8. The van der Waals surface area contributed by atoms with Crippen molar-refractivity contribution >= 4 is 10.0 Å². The number of rotatable bonds is 8. The molecular weight excluding hydrogens is 276 g/mol. The average molecular weight is 300 g/mol. The molecule has 0 aliphatic heterocycles. The summed E-state index contributed by atoms with van der Waals surface area (Å²) in [7, 11) is -3.55. The first-order chi connectivity index (χ1) is 9.34. The van der Waals surface area contributed by atoms with Crippen molar-refractivity contribution in [3.8, 4) is 0 Å². The molecule has 0 bridgehead atoms. The Kier molecular flexibility index (Phi) is 5.91. The molecule has 1 rings (SSSR count). The summed E-state index contributed by atoms with van der Waals surface area (Å²) in [4.78, 5) is 0.273. The van der Waals surface area contributed by atoms with Crippen molar-refractivity contribution in [2.24, 2.45) is 0 Å². The van der Waals surface area contributed by atoms with Gasteiger partial charge in [-0.3, -0.25) is 5.10 Å². The van der Waals surface area contributed by atoms with Crippen LogP contribution >= 0.6 is 0 Å². The highest BCUT2D eigenvalue weighted by Gasteiger charge is 2.29. The van der Waals surface area contributed by atoms with Crippen molar-refractivity contribution in [2.45, 2.75) is 45.2 Å². The number of hydrogen-bond acceptors (Lipinski definition) is 4. The summed E-state index contributed by atoms with van der Waals surface area (Å²) in [5.41, 5.74) is 1.09. The van der Waals surface area contributed by atoms with E-state index in [0.717, 1.165) is 0 Å². The Bertz CT molecular complexity index is 549. The van der Waals surface area contributed by atoms with Gasteiger partial charge in [-0.05, 0) is 6.92 Å². The summed E-state index contributed by atoms with van der Waals surface area (Å²) in [6.45, 7) is 12.3. The van der Waals surface area contributed by atoms with E-state index in [1.807, 2.05) is 20.8 Å². The van der Waals surface area contributed by atoms with Gasteiger partial charge in [-0.1, -0.05) is 26.8 Å². The first kappa shape index (κ1) is 16.9. The molecule has 114 valence electrons. The molecule has 2 N–H and O–H groups in total. The van der Waals surface area contributed by atoms with Gasteiger partial charge in [0.05, 0.1) is 11.4 Å². The second kappa shape index (κ2) is 7.01. The fourth-order valence-electron chi connectivity index (χ4n) is 1.90. The third-order valence-electron chi connectivity index (χ3n) is 2.92. The minimum absolute atomic E-state index is 0.262. The van der Waals surface area contributed by atoms with Gasteiger partial charge >= 0.3 is 0 Å². The highest BCUT2D eigenvalue weighted by molar-refractivity contribution is 7.89. The lowest BCUT2D eigenvalue weighted by Gasteiger charge is -2.19. The predicted molar refractivity (Wildman–Crippen MR) is 79.9 cm³/mol. The van der Waals surface area contributed by atoms with Crippen LogP contribution < -0.4 is 5.32 Å². The quantitative estimate of drug-likeness (QED) is 0.712. The highest BCUT2D eigenvalue weighted by atomic mass is 32.2. The molecule has 0 spiro atoms. The Morgan fingerprint density at radius 3 is 2.65 bits per heavy atom. The first-order valence-corrected chi connectivity index (χ1v) is 8.16. The van der Waals surface area contributed by atoms with Gasteiger partial charge in [-0.2, -0.15) is 9.40 Å². The van der Waals surface area contributed by atoms with Crippen molar-refractivity contribution in [2.75, 3.05) is 13.1 Å². The number of nitrogens with one attached hydrogen (secondary N) is 2. The molecule has 0 aromatic carbocycles. The third-order valence-corrected chi connectivity index (χ3v) is 5.07. The smallest absolute Gasteiger partial charge is 0.247 e. The predicted octanol–water partition coefficient (Wildman–Crippen LogP) is 1.41. The zero-order valence-electron chi connectivity index (χ0n) is 12.6. The zero-order valence-corrected chi connectivity index (χ0v) is 13.4. The lowest BCUT2D eigenvalue weighted by Crippen LogP contribution is -2.32. The summed E-state index contributed by atoms with van der Waals surface area (Å²) in [6, 6.07) is 0.262. The number of aromatic amines is 1. The molecule has 0 unspecified atom stereocenters. The summed E-state index contributed by atoms with van der Waals surface area (Å²) in [5, 5.41) is 10.1. The highest BCUT2D eigenvalue weighted by Crippen LogP contribution is 2.22. The second-order valence-corrected chi connectivity index (χ2v) is 6.78. The van der Waals surface area contributed by atoms with Gasteiger partial charge in [0, 0.05) is 25.7 Å². The fraction of sp³-hybridized carbons (Fsp3) is 0.615. The van der Waals surface area contributed by atoms with Crippen LogP contribution in [0, 0.1) is 6.92 Å². The van der Waals surface area contributed by atoms with Crippen molar-refractivity contribution < 1.29 is 8.42 Å². The van der Waals surface area contributed by atoms with Crippen LogP contribution in [0.15, 0.2) is 17.6 Å². The van der Waals surface area contributed by atoms with Gasteiger partial charge in [0.15, 0.2) is 0 Å². The van der Waals surface area contributed by atoms with E-state index < -0.39 is 10.0 Å². The number of H-pyrrole nitrogens is 1. The van der Waals surface area contributed by atoms with Crippen LogP contribution in [0.4, 0.5) is 0 Å². The molecule has 20 heavy (non-hydrogen) atoms. The van der Waals surface area contributed by atoms with Crippen LogP contribution in [0.3, 0.4) is 0 Å². The van der Waals surface area contributed by atoms with Crippen LogP contribution in [0.5, 0.6) is 0 Å². The van der Waals surface area contributed by atoms with Gasteiger partial charge < -0.3 is 5.32 Å². The Hall–Kier alpha value is -1.18. The minimum atomic E-state index is -3.55. The monoisotopic (exact) mass is 300 g/mol. The second-order valence-electron chi connectivity index (χ2n) is 4.90. The molecule has 0 amide bonds. The fourth-order valence-corrected chi connectivity index (χ4v) is 3.65. The molecule has 0 atom stereocenters. The van der Waals surface area contributed by atoms with Crippen LogP contribution in [-0.2, 0) is 16.6 Å². The largest absolute Gasteiger partial charge is 0.309 e. The lowest BCUT2D eigenvalue weighted by atomic mass is 10.3. The molecular formula is C13H24N4O2S. The van der Waals surface area contributed by atoms with Crippen molar-refractivity contribution in [3.63, 3.8) is 0 Å². The van der Waals surface area contributed by atoms with E-state index in [-0.39, 0.29) is 10.9 Å². The SMILES string of the molecule is C=CCN(CC)S(=O)(=O)c1c(CNC(C)C)n[nH]c1C. The number of nitrogens with zero attached hydrogens (tertiary/aromatic N) is 2. The molecule has 1 heterocycles. The Balaban J connectivity index is 3.16. The van der Waals surface area contributed by atoms with Crippen molar-refractivity contribution in [1.29, 1.82) is 0 Å². The van der Waals surface area contributed by atoms with E-state index in [9.17, 15) is 8.42 Å². The Morgan fingerprint density at radius 1 is 1.50 bits per heavy atom. The molecule has 0 radical (unpaired) electrons. The minimum Gasteiger partial charge on any atom is -0.309 e. The van der Waals surface area contributed by atoms with Crippen LogP contribution in [0.1, 0.15) is 32.2 Å². The molecule has 0 aliphatic rings. The molecule has 0 fully saturated rings. The first-order valence-electron chi connectivity index (χ1n) is 6.72. The van der Waals surface area contributed by atoms with Crippen LogP contribution in [0.25, 0.3) is 0 Å². The number of sulfonamides is 1. The van der Waals surface area contributed by atoms with E-state index in [0.29, 0.717) is 31.0 Å². The standard InChI is InChI=1S/C13H24N4O2S/c1-6-8-17(7-2)20(18,19)13-11(5)15-16-12(13)9-14-10(3)4/h6,10,14H,1,7-9H2,2-5H3,(H,15,16). The molecule has 6 nitrogen and oxygen atoms in total. The van der Waals surface area contributed by atoms with Crippen LogP contribution in [-0.4, -0.2) is 42.1 Å². The van der Waals surface area contributed by atoms with Gasteiger partial charge in [0.1, 0.15) is 4.90 Å². The van der Waals surface area contributed by atoms with E-state index in [1.54, 1.807) is 13.0 Å². The Morgan fingerprint density at radius 2 is 2.15 bits per heavy atom. The topological polar surface area (TPSA) is 78.1 Å². The van der Waals surface area contributed by atoms with Crippen molar-refractivity contribution in [3.05, 3.63) is 24.0 Å². The van der Waals surface area contributed by atoms with E-state index in [4.69, 9.17) is 0 Å². The number of aromatic nitrogens is 2.